The molecule has 60 heavy (non-hydrogen) atoms. The van der Waals surface area contributed by atoms with E-state index >= 15 is 0 Å². The second-order valence-corrected chi connectivity index (χ2v) is 18.0. The molecule has 0 saturated carbocycles. The van der Waals surface area contributed by atoms with Crippen LogP contribution in [0.25, 0.3) is 43.8 Å². The first-order chi connectivity index (χ1) is 29.0. The Morgan fingerprint density at radius 3 is 0.800 bits per heavy atom. The lowest BCUT2D eigenvalue weighted by Gasteiger charge is -2.27. The maximum absolute atomic E-state index is 2.36. The minimum atomic E-state index is 0.0893. The number of fused-ring (bicyclic) bond motifs is 2. The summed E-state index contributed by atoms with van der Waals surface area (Å²) in [6.45, 7) is 13.6. The summed E-state index contributed by atoms with van der Waals surface area (Å²) < 4.78 is 0. The molecule has 9 aromatic carbocycles. The molecule has 0 heterocycles. The largest absolute Gasteiger partial charge is 0.310 e. The Balaban J connectivity index is 0.989. The van der Waals surface area contributed by atoms with E-state index in [1.807, 2.05) is 0 Å². The topological polar surface area (TPSA) is 6.48 Å². The van der Waals surface area contributed by atoms with Crippen molar-refractivity contribution < 1.29 is 0 Å². The van der Waals surface area contributed by atoms with Crippen molar-refractivity contribution in [1.82, 2.24) is 0 Å². The van der Waals surface area contributed by atoms with Crippen LogP contribution in [0.3, 0.4) is 0 Å². The van der Waals surface area contributed by atoms with Crippen LogP contribution in [0.15, 0.2) is 206 Å². The maximum atomic E-state index is 2.36. The van der Waals surface area contributed by atoms with Crippen LogP contribution in [0.1, 0.15) is 52.7 Å². The van der Waals surface area contributed by atoms with Gasteiger partial charge in [0, 0.05) is 34.1 Å². The van der Waals surface area contributed by atoms with Crippen molar-refractivity contribution in [3.8, 4) is 22.3 Å². The Kier molecular flexibility index (Phi) is 10.1. The molecule has 0 aliphatic carbocycles. The maximum Gasteiger partial charge on any atom is 0.0468 e. The number of hydrogen-bond donors (Lipinski definition) is 0. The van der Waals surface area contributed by atoms with Gasteiger partial charge in [-0.25, -0.2) is 0 Å². The van der Waals surface area contributed by atoms with Crippen molar-refractivity contribution in [3.05, 3.63) is 217 Å². The molecule has 0 N–H and O–H groups in total. The fraction of sp³-hybridized carbons (Fsp3) is 0.138. The van der Waals surface area contributed by atoms with E-state index in [4.69, 9.17) is 0 Å². The normalized spacial score (nSPS) is 11.8. The van der Waals surface area contributed by atoms with Crippen LogP contribution >= 0.6 is 0 Å². The molecule has 0 bridgehead atoms. The molecule has 0 aliphatic heterocycles. The zero-order valence-electron chi connectivity index (χ0n) is 35.5. The fourth-order valence-corrected chi connectivity index (χ4v) is 8.21. The van der Waals surface area contributed by atoms with Gasteiger partial charge < -0.3 is 9.80 Å². The summed E-state index contributed by atoms with van der Waals surface area (Å²) in [5.74, 6) is 0. The molecule has 0 aromatic heterocycles. The van der Waals surface area contributed by atoms with Gasteiger partial charge in [0.05, 0.1) is 0 Å². The van der Waals surface area contributed by atoms with Crippen LogP contribution in [-0.4, -0.2) is 0 Å². The van der Waals surface area contributed by atoms with Crippen LogP contribution in [0.2, 0.25) is 0 Å². The number of hydrogen-bond acceptors (Lipinski definition) is 2. The van der Waals surface area contributed by atoms with E-state index in [0.717, 1.165) is 34.1 Å². The van der Waals surface area contributed by atoms with E-state index in [-0.39, 0.29) is 10.8 Å². The highest BCUT2D eigenvalue weighted by Crippen LogP contribution is 2.40. The Hall–Kier alpha value is -6.90. The molecular weight excluding hydrogens is 725 g/mol. The van der Waals surface area contributed by atoms with Gasteiger partial charge >= 0.3 is 0 Å². The molecule has 0 atom stereocenters. The molecule has 2 heteroatoms. The van der Waals surface area contributed by atoms with E-state index in [2.05, 4.69) is 258 Å². The van der Waals surface area contributed by atoms with E-state index in [1.54, 1.807) is 0 Å². The molecule has 9 aromatic rings. The summed E-state index contributed by atoms with van der Waals surface area (Å²) in [6.07, 6.45) is 0. The molecule has 294 valence electrons. The Labute approximate surface area is 356 Å². The second-order valence-electron chi connectivity index (χ2n) is 18.0. The lowest BCUT2D eigenvalue weighted by atomic mass is 9.87. The van der Waals surface area contributed by atoms with Gasteiger partial charge in [-0.15, -0.1) is 0 Å². The van der Waals surface area contributed by atoms with Gasteiger partial charge in [0.1, 0.15) is 0 Å². The van der Waals surface area contributed by atoms with Crippen molar-refractivity contribution in [2.75, 3.05) is 9.80 Å². The first kappa shape index (κ1) is 38.6. The van der Waals surface area contributed by atoms with E-state index < -0.39 is 0 Å². The molecule has 0 fully saturated rings. The third-order valence-electron chi connectivity index (χ3n) is 11.8. The zero-order valence-corrected chi connectivity index (χ0v) is 35.5. The van der Waals surface area contributed by atoms with Gasteiger partial charge in [-0.2, -0.15) is 0 Å². The van der Waals surface area contributed by atoms with Crippen LogP contribution in [0.5, 0.6) is 0 Å². The number of benzene rings is 9. The quantitative estimate of drug-likeness (QED) is 0.152. The summed E-state index contributed by atoms with van der Waals surface area (Å²) in [5, 5.41) is 4.93. The Morgan fingerprint density at radius 2 is 0.500 bits per heavy atom. The standard InChI is InChI=1S/C58H52N2/c1-57(2,3)49-25-35-53(36-26-49)59(55-33-23-41-11-7-9-13-47(41)39-55)51-29-19-45(20-30-51)43-15-17-44(18-16-43)46-21-31-52(32-22-46)60(54-37-27-50(28-38-54)58(4,5)6)56-34-24-42-12-8-10-14-48(42)40-56/h7-40H,1-6H3. The van der Waals surface area contributed by atoms with Crippen LogP contribution in [-0.2, 0) is 10.8 Å². The molecule has 0 spiro atoms. The second kappa shape index (κ2) is 15.7. The molecular formula is C58H52N2. The lowest BCUT2D eigenvalue weighted by Crippen LogP contribution is -2.13. The van der Waals surface area contributed by atoms with Crippen molar-refractivity contribution in [3.63, 3.8) is 0 Å². The van der Waals surface area contributed by atoms with E-state index in [0.29, 0.717) is 0 Å². The number of anilines is 6. The first-order valence-electron chi connectivity index (χ1n) is 21.1. The van der Waals surface area contributed by atoms with Crippen molar-refractivity contribution in [2.45, 2.75) is 52.4 Å². The van der Waals surface area contributed by atoms with Gasteiger partial charge in [0.2, 0.25) is 0 Å². The minimum absolute atomic E-state index is 0.0893. The van der Waals surface area contributed by atoms with Gasteiger partial charge in [0.25, 0.3) is 0 Å². The van der Waals surface area contributed by atoms with Crippen molar-refractivity contribution >= 4 is 55.7 Å². The van der Waals surface area contributed by atoms with Crippen molar-refractivity contribution in [1.29, 1.82) is 0 Å². The predicted molar refractivity (Wildman–Crippen MR) is 259 cm³/mol. The van der Waals surface area contributed by atoms with Gasteiger partial charge in [-0.3, -0.25) is 0 Å². The summed E-state index contributed by atoms with van der Waals surface area (Å²) in [5.41, 5.74) is 14.4. The smallest absolute Gasteiger partial charge is 0.0468 e. The Bertz CT molecular complexity index is 2690. The summed E-state index contributed by atoms with van der Waals surface area (Å²) in [6, 6.07) is 75.6. The minimum Gasteiger partial charge on any atom is -0.310 e. The van der Waals surface area contributed by atoms with Crippen molar-refractivity contribution in [2.24, 2.45) is 0 Å². The fourth-order valence-electron chi connectivity index (χ4n) is 8.21. The highest BCUT2D eigenvalue weighted by molar-refractivity contribution is 5.91. The summed E-state index contributed by atoms with van der Waals surface area (Å²) in [7, 11) is 0. The summed E-state index contributed by atoms with van der Waals surface area (Å²) >= 11 is 0. The van der Waals surface area contributed by atoms with Gasteiger partial charge in [-0.05, 0) is 139 Å². The van der Waals surface area contributed by atoms with Gasteiger partial charge in [0.15, 0.2) is 0 Å². The van der Waals surface area contributed by atoms with Crippen LogP contribution in [0.4, 0.5) is 34.1 Å². The highest BCUT2D eigenvalue weighted by Gasteiger charge is 2.19. The molecule has 0 saturated heterocycles. The van der Waals surface area contributed by atoms with Crippen LogP contribution in [0, 0.1) is 0 Å². The van der Waals surface area contributed by atoms with Gasteiger partial charge in [-0.1, -0.05) is 175 Å². The summed E-state index contributed by atoms with van der Waals surface area (Å²) in [4.78, 5) is 4.72. The van der Waals surface area contributed by atoms with Crippen LogP contribution < -0.4 is 9.80 Å². The number of nitrogens with zero attached hydrogens (tertiary/aromatic N) is 2. The predicted octanol–water partition coefficient (Wildman–Crippen LogP) is 16.9. The SMILES string of the molecule is CC(C)(C)c1ccc(N(c2ccc(-c3ccc(-c4ccc(N(c5ccc(C(C)(C)C)cc5)c5ccc6ccccc6c5)cc4)cc3)cc2)c2ccc3ccccc3c2)cc1. The first-order valence-corrected chi connectivity index (χ1v) is 21.1. The molecule has 2 nitrogen and oxygen atoms in total. The average molecular weight is 777 g/mol. The zero-order chi connectivity index (χ0) is 41.4. The average Bonchev–Trinajstić information content (AvgIpc) is 3.27. The molecule has 9 rings (SSSR count). The van der Waals surface area contributed by atoms with E-state index in [1.165, 1.54) is 54.9 Å². The monoisotopic (exact) mass is 776 g/mol. The Morgan fingerprint density at radius 1 is 0.250 bits per heavy atom. The molecule has 0 radical (unpaired) electrons. The number of rotatable bonds is 8. The third-order valence-corrected chi connectivity index (χ3v) is 11.8. The third kappa shape index (κ3) is 7.94. The molecule has 0 aliphatic rings. The molecule has 0 unspecified atom stereocenters. The highest BCUT2D eigenvalue weighted by atomic mass is 15.1. The lowest BCUT2D eigenvalue weighted by molar-refractivity contribution is 0.590. The van der Waals surface area contributed by atoms with E-state index in [9.17, 15) is 0 Å². The molecule has 0 amide bonds.